The standard InChI is InChI=1S/C19H26ClN3O3/c1-26-17-7-6-15(20)12-14(17)13-22-8-10-23(11-9-22)19(25)16-4-2-3-5-18(24)21-16/h6-7,12,16H,2-5,8-11,13H2,1H3,(H,21,24)/t16-/m0/s1. The van der Waals surface area contributed by atoms with Crippen molar-refractivity contribution in [2.24, 2.45) is 0 Å². The maximum atomic E-state index is 12.7. The predicted molar refractivity (Wildman–Crippen MR) is 100 cm³/mol. The number of piperazine rings is 1. The number of carbonyl (C=O) groups is 2. The van der Waals surface area contributed by atoms with E-state index in [1.807, 2.05) is 23.1 Å². The van der Waals surface area contributed by atoms with E-state index >= 15 is 0 Å². The Labute approximate surface area is 159 Å². The first-order chi connectivity index (χ1) is 12.6. The van der Waals surface area contributed by atoms with Gasteiger partial charge in [-0.15, -0.1) is 0 Å². The first-order valence-corrected chi connectivity index (χ1v) is 9.57. The highest BCUT2D eigenvalue weighted by molar-refractivity contribution is 6.30. The number of carbonyl (C=O) groups excluding carboxylic acids is 2. The number of benzene rings is 1. The zero-order valence-corrected chi connectivity index (χ0v) is 15.9. The number of rotatable bonds is 4. The third-order valence-electron chi connectivity index (χ3n) is 5.10. The molecule has 0 bridgehead atoms. The second-order valence-corrected chi connectivity index (χ2v) is 7.36. The number of hydrogen-bond acceptors (Lipinski definition) is 4. The maximum absolute atomic E-state index is 12.7. The molecule has 2 fully saturated rings. The zero-order valence-electron chi connectivity index (χ0n) is 15.2. The molecule has 0 saturated carbocycles. The predicted octanol–water partition coefficient (Wildman–Crippen LogP) is 2.05. The molecule has 7 heteroatoms. The number of halogens is 1. The minimum Gasteiger partial charge on any atom is -0.496 e. The van der Waals surface area contributed by atoms with Gasteiger partial charge in [-0.2, -0.15) is 0 Å². The van der Waals surface area contributed by atoms with Gasteiger partial charge in [-0.3, -0.25) is 14.5 Å². The average molecular weight is 380 g/mol. The van der Waals surface area contributed by atoms with Crippen molar-refractivity contribution < 1.29 is 14.3 Å². The lowest BCUT2D eigenvalue weighted by molar-refractivity contribution is -0.137. The summed E-state index contributed by atoms with van der Waals surface area (Å²) >= 11 is 6.11. The topological polar surface area (TPSA) is 61.9 Å². The summed E-state index contributed by atoms with van der Waals surface area (Å²) in [5.41, 5.74) is 1.05. The number of methoxy groups -OCH3 is 1. The van der Waals surface area contributed by atoms with Crippen molar-refractivity contribution in [1.29, 1.82) is 0 Å². The van der Waals surface area contributed by atoms with E-state index in [4.69, 9.17) is 16.3 Å². The quantitative estimate of drug-likeness (QED) is 0.869. The molecule has 2 amide bonds. The monoisotopic (exact) mass is 379 g/mol. The molecule has 1 N–H and O–H groups in total. The van der Waals surface area contributed by atoms with Gasteiger partial charge < -0.3 is 15.0 Å². The SMILES string of the molecule is COc1ccc(Cl)cc1CN1CCN(C(=O)[C@@H]2CCCCC(=O)N2)CC1. The number of ether oxygens (including phenoxy) is 1. The second kappa shape index (κ2) is 8.73. The van der Waals surface area contributed by atoms with Crippen molar-refractivity contribution in [3.63, 3.8) is 0 Å². The van der Waals surface area contributed by atoms with Gasteiger partial charge in [-0.1, -0.05) is 18.0 Å². The third kappa shape index (κ3) is 4.68. The van der Waals surface area contributed by atoms with E-state index in [1.54, 1.807) is 7.11 Å². The summed E-state index contributed by atoms with van der Waals surface area (Å²) in [7, 11) is 1.66. The largest absolute Gasteiger partial charge is 0.496 e. The number of nitrogens with zero attached hydrogens (tertiary/aromatic N) is 2. The summed E-state index contributed by atoms with van der Waals surface area (Å²) in [5, 5.41) is 3.57. The fraction of sp³-hybridized carbons (Fsp3) is 0.579. The average Bonchev–Trinajstić information content (AvgIpc) is 2.86. The molecule has 2 aliphatic rings. The Bertz CT molecular complexity index is 659. The molecule has 1 aromatic carbocycles. The highest BCUT2D eigenvalue weighted by Crippen LogP contribution is 2.24. The van der Waals surface area contributed by atoms with Gasteiger partial charge in [0.05, 0.1) is 7.11 Å². The van der Waals surface area contributed by atoms with Crippen LogP contribution in [0.15, 0.2) is 18.2 Å². The minimum absolute atomic E-state index is 0.00691. The lowest BCUT2D eigenvalue weighted by Crippen LogP contribution is -2.54. The summed E-state index contributed by atoms with van der Waals surface area (Å²) in [5.74, 6) is 0.877. The summed E-state index contributed by atoms with van der Waals surface area (Å²) in [6, 6.07) is 5.27. The summed E-state index contributed by atoms with van der Waals surface area (Å²) in [6.45, 7) is 3.68. The molecule has 3 rings (SSSR count). The second-order valence-electron chi connectivity index (χ2n) is 6.92. The number of nitrogens with one attached hydrogen (secondary N) is 1. The Hall–Kier alpha value is -1.79. The Morgan fingerprint density at radius 1 is 1.27 bits per heavy atom. The van der Waals surface area contributed by atoms with Crippen LogP contribution in [0.1, 0.15) is 31.2 Å². The van der Waals surface area contributed by atoms with Crippen LogP contribution in [0.2, 0.25) is 5.02 Å². The van der Waals surface area contributed by atoms with Gasteiger partial charge in [0.15, 0.2) is 0 Å². The van der Waals surface area contributed by atoms with Crippen LogP contribution >= 0.6 is 11.6 Å². The Morgan fingerprint density at radius 3 is 2.77 bits per heavy atom. The number of hydrogen-bond donors (Lipinski definition) is 1. The smallest absolute Gasteiger partial charge is 0.245 e. The molecule has 0 unspecified atom stereocenters. The van der Waals surface area contributed by atoms with Gasteiger partial charge in [0, 0.05) is 49.7 Å². The molecule has 142 valence electrons. The normalized spacial score (nSPS) is 21.8. The highest BCUT2D eigenvalue weighted by Gasteiger charge is 2.29. The Balaban J connectivity index is 1.55. The van der Waals surface area contributed by atoms with Crippen LogP contribution < -0.4 is 10.1 Å². The molecule has 26 heavy (non-hydrogen) atoms. The molecule has 2 saturated heterocycles. The Morgan fingerprint density at radius 2 is 2.04 bits per heavy atom. The minimum atomic E-state index is -0.357. The summed E-state index contributed by atoms with van der Waals surface area (Å²) in [6.07, 6.45) is 3.05. The molecule has 1 atom stereocenters. The van der Waals surface area contributed by atoms with E-state index < -0.39 is 0 Å². The molecule has 1 aromatic rings. The van der Waals surface area contributed by atoms with Gasteiger partial charge in [0.25, 0.3) is 0 Å². The van der Waals surface area contributed by atoms with E-state index in [0.717, 1.165) is 50.2 Å². The fourth-order valence-electron chi connectivity index (χ4n) is 3.62. The molecular formula is C19H26ClN3O3. The summed E-state index contributed by atoms with van der Waals surface area (Å²) < 4.78 is 5.41. The third-order valence-corrected chi connectivity index (χ3v) is 5.34. The zero-order chi connectivity index (χ0) is 18.5. The molecule has 0 aliphatic carbocycles. The van der Waals surface area contributed by atoms with Crippen LogP contribution in [0.4, 0.5) is 0 Å². The van der Waals surface area contributed by atoms with Crippen molar-refractivity contribution in [3.8, 4) is 5.75 Å². The van der Waals surface area contributed by atoms with Gasteiger partial charge in [-0.25, -0.2) is 0 Å². The van der Waals surface area contributed by atoms with E-state index in [2.05, 4.69) is 10.2 Å². The molecule has 0 radical (unpaired) electrons. The van der Waals surface area contributed by atoms with Gasteiger partial charge in [0.2, 0.25) is 11.8 Å². The fourth-order valence-corrected chi connectivity index (χ4v) is 3.81. The van der Waals surface area contributed by atoms with Crippen LogP contribution in [-0.4, -0.2) is 60.9 Å². The van der Waals surface area contributed by atoms with E-state index in [9.17, 15) is 9.59 Å². The highest BCUT2D eigenvalue weighted by atomic mass is 35.5. The lowest BCUT2D eigenvalue weighted by atomic mass is 10.1. The van der Waals surface area contributed by atoms with E-state index in [1.165, 1.54) is 0 Å². The number of amides is 2. The van der Waals surface area contributed by atoms with Crippen LogP contribution in [0.25, 0.3) is 0 Å². The first-order valence-electron chi connectivity index (χ1n) is 9.20. The maximum Gasteiger partial charge on any atom is 0.245 e. The van der Waals surface area contributed by atoms with Crippen molar-refractivity contribution in [3.05, 3.63) is 28.8 Å². The molecule has 0 spiro atoms. The van der Waals surface area contributed by atoms with Gasteiger partial charge in [-0.05, 0) is 31.0 Å². The lowest BCUT2D eigenvalue weighted by Gasteiger charge is -2.36. The molecule has 6 nitrogen and oxygen atoms in total. The molecule has 2 aliphatic heterocycles. The Kier molecular flexibility index (Phi) is 6.38. The van der Waals surface area contributed by atoms with Crippen LogP contribution in [0, 0.1) is 0 Å². The molecule has 0 aromatic heterocycles. The van der Waals surface area contributed by atoms with Crippen LogP contribution in [0.5, 0.6) is 5.75 Å². The summed E-state index contributed by atoms with van der Waals surface area (Å²) in [4.78, 5) is 28.6. The molecule has 2 heterocycles. The van der Waals surface area contributed by atoms with Gasteiger partial charge >= 0.3 is 0 Å². The van der Waals surface area contributed by atoms with Crippen LogP contribution in [0.3, 0.4) is 0 Å². The van der Waals surface area contributed by atoms with E-state index in [-0.39, 0.29) is 17.9 Å². The first kappa shape index (κ1) is 19.0. The van der Waals surface area contributed by atoms with E-state index in [0.29, 0.717) is 24.5 Å². The van der Waals surface area contributed by atoms with Crippen molar-refractivity contribution in [2.75, 3.05) is 33.3 Å². The van der Waals surface area contributed by atoms with Crippen molar-refractivity contribution >= 4 is 23.4 Å². The van der Waals surface area contributed by atoms with Crippen LogP contribution in [-0.2, 0) is 16.1 Å². The van der Waals surface area contributed by atoms with Crippen molar-refractivity contribution in [2.45, 2.75) is 38.3 Å². The van der Waals surface area contributed by atoms with Crippen molar-refractivity contribution in [1.82, 2.24) is 15.1 Å². The van der Waals surface area contributed by atoms with Gasteiger partial charge in [0.1, 0.15) is 11.8 Å². The molecular weight excluding hydrogens is 354 g/mol.